The molecule has 5 aromatic rings. The van der Waals surface area contributed by atoms with Crippen molar-refractivity contribution in [3.05, 3.63) is 84.7 Å². The number of hydrogen-bond donors (Lipinski definition) is 0. The maximum atomic E-state index is 4.95. The number of nitrogens with zero attached hydrogens (tertiary/aromatic N) is 2. The van der Waals surface area contributed by atoms with Crippen LogP contribution in [0.1, 0.15) is 26.6 Å². The molecule has 2 aromatic heterocycles. The number of aromatic nitrogens is 2. The van der Waals surface area contributed by atoms with E-state index in [-0.39, 0.29) is 5.41 Å². The van der Waals surface area contributed by atoms with Gasteiger partial charge in [-0.3, -0.25) is 0 Å². The highest BCUT2D eigenvalue weighted by molar-refractivity contribution is 7.25. The molecule has 3 aromatic carbocycles. The molecule has 5 rings (SSSR count). The van der Waals surface area contributed by atoms with E-state index in [1.54, 1.807) is 0 Å². The summed E-state index contributed by atoms with van der Waals surface area (Å²) in [6.45, 7) is 6.49. The van der Waals surface area contributed by atoms with E-state index in [1.165, 1.54) is 20.2 Å². The highest BCUT2D eigenvalue weighted by Crippen LogP contribution is 2.36. The summed E-state index contributed by atoms with van der Waals surface area (Å²) >= 11 is 1.84. The van der Waals surface area contributed by atoms with E-state index in [9.17, 15) is 0 Å². The van der Waals surface area contributed by atoms with Crippen molar-refractivity contribution in [3.63, 3.8) is 0 Å². The van der Waals surface area contributed by atoms with Crippen molar-refractivity contribution in [2.24, 2.45) is 0 Å². The lowest BCUT2D eigenvalue weighted by Crippen LogP contribution is -2.16. The summed E-state index contributed by atoms with van der Waals surface area (Å²) in [6.07, 6.45) is 0. The molecule has 0 radical (unpaired) electrons. The Morgan fingerprint density at radius 1 is 0.621 bits per heavy atom. The van der Waals surface area contributed by atoms with Crippen molar-refractivity contribution >= 4 is 31.5 Å². The van der Waals surface area contributed by atoms with Crippen LogP contribution in [-0.4, -0.2) is 9.97 Å². The summed E-state index contributed by atoms with van der Waals surface area (Å²) in [5.74, 6) is 0.866. The molecular weight excluding hydrogens is 372 g/mol. The van der Waals surface area contributed by atoms with Gasteiger partial charge in [-0.1, -0.05) is 81.4 Å². The van der Waals surface area contributed by atoms with Crippen LogP contribution in [0.15, 0.2) is 78.9 Å². The van der Waals surface area contributed by atoms with Crippen molar-refractivity contribution in [1.82, 2.24) is 9.97 Å². The predicted molar refractivity (Wildman–Crippen MR) is 124 cm³/mol. The highest BCUT2D eigenvalue weighted by atomic mass is 32.1. The van der Waals surface area contributed by atoms with Crippen LogP contribution in [0.4, 0.5) is 0 Å². The lowest BCUT2D eigenvalue weighted by Gasteiger charge is -2.19. The average Bonchev–Trinajstić information content (AvgIpc) is 3.11. The lowest BCUT2D eigenvalue weighted by molar-refractivity contribution is 0.547. The lowest BCUT2D eigenvalue weighted by atomic mass is 9.94. The van der Waals surface area contributed by atoms with Gasteiger partial charge in [0.25, 0.3) is 0 Å². The van der Waals surface area contributed by atoms with Gasteiger partial charge in [0.15, 0.2) is 0 Å². The van der Waals surface area contributed by atoms with Gasteiger partial charge in [-0.2, -0.15) is 0 Å². The molecule has 0 amide bonds. The Balaban J connectivity index is 1.71. The van der Waals surface area contributed by atoms with Crippen LogP contribution < -0.4 is 0 Å². The normalized spacial score (nSPS) is 12.0. The van der Waals surface area contributed by atoms with Crippen molar-refractivity contribution in [1.29, 1.82) is 0 Å². The molecule has 0 saturated heterocycles. The fourth-order valence-electron chi connectivity index (χ4n) is 3.57. The molecule has 0 aliphatic carbocycles. The number of thiophene rings is 1. The second kappa shape index (κ2) is 6.78. The maximum Gasteiger partial charge on any atom is 0.135 e. The Morgan fingerprint density at radius 2 is 1.28 bits per heavy atom. The zero-order chi connectivity index (χ0) is 20.0. The third-order valence-electron chi connectivity index (χ3n) is 5.14. The molecular formula is C26H22N2S. The third-order valence-corrected chi connectivity index (χ3v) is 6.27. The van der Waals surface area contributed by atoms with E-state index in [1.807, 2.05) is 17.4 Å². The van der Waals surface area contributed by atoms with Gasteiger partial charge < -0.3 is 0 Å². The molecule has 0 fully saturated rings. The quantitative estimate of drug-likeness (QED) is 0.310. The Bertz CT molecular complexity index is 1330. The van der Waals surface area contributed by atoms with Crippen LogP contribution in [0.2, 0.25) is 0 Å². The molecule has 0 saturated carbocycles. The minimum absolute atomic E-state index is 0.124. The van der Waals surface area contributed by atoms with E-state index in [0.29, 0.717) is 0 Å². The predicted octanol–water partition coefficient (Wildman–Crippen LogP) is 7.48. The van der Waals surface area contributed by atoms with E-state index in [4.69, 9.17) is 9.97 Å². The maximum absolute atomic E-state index is 4.95. The molecule has 2 heterocycles. The topological polar surface area (TPSA) is 25.8 Å². The highest BCUT2D eigenvalue weighted by Gasteiger charge is 2.20. The van der Waals surface area contributed by atoms with Crippen LogP contribution in [0.3, 0.4) is 0 Å². The fourth-order valence-corrected chi connectivity index (χ4v) is 4.72. The van der Waals surface area contributed by atoms with Crippen molar-refractivity contribution in [2.45, 2.75) is 26.2 Å². The van der Waals surface area contributed by atoms with E-state index in [0.717, 1.165) is 28.3 Å². The Labute approximate surface area is 174 Å². The van der Waals surface area contributed by atoms with Gasteiger partial charge in [-0.05, 0) is 18.2 Å². The Hall–Kier alpha value is -3.04. The summed E-state index contributed by atoms with van der Waals surface area (Å²) in [6, 6.07) is 27.7. The number of fused-ring (bicyclic) bond motifs is 3. The molecule has 0 aliphatic heterocycles. The molecule has 29 heavy (non-hydrogen) atoms. The summed E-state index contributed by atoms with van der Waals surface area (Å²) in [7, 11) is 0. The van der Waals surface area contributed by atoms with Crippen molar-refractivity contribution in [3.8, 4) is 22.5 Å². The number of hydrogen-bond acceptors (Lipinski definition) is 3. The molecule has 142 valence electrons. The largest absolute Gasteiger partial charge is 0.232 e. The van der Waals surface area contributed by atoms with Gasteiger partial charge in [-0.25, -0.2) is 9.97 Å². The second-order valence-electron chi connectivity index (χ2n) is 8.39. The third kappa shape index (κ3) is 3.32. The first-order chi connectivity index (χ1) is 14.0. The van der Waals surface area contributed by atoms with Crippen LogP contribution in [0.5, 0.6) is 0 Å². The van der Waals surface area contributed by atoms with Crippen molar-refractivity contribution in [2.75, 3.05) is 0 Å². The van der Waals surface area contributed by atoms with Gasteiger partial charge >= 0.3 is 0 Å². The molecule has 2 nitrogen and oxygen atoms in total. The monoisotopic (exact) mass is 394 g/mol. The SMILES string of the molecule is CC(C)(C)c1nc(-c2ccccc2)cc(-c2ccc3c(c2)sc2ccccc23)n1. The first-order valence-corrected chi connectivity index (χ1v) is 10.7. The fraction of sp³-hybridized carbons (Fsp3) is 0.154. The minimum atomic E-state index is -0.124. The molecule has 0 spiro atoms. The van der Waals surface area contributed by atoms with Crippen LogP contribution in [-0.2, 0) is 5.41 Å². The summed E-state index contributed by atoms with van der Waals surface area (Å²) in [5.41, 5.74) is 4.07. The molecule has 0 aliphatic rings. The first kappa shape index (κ1) is 18.0. The van der Waals surface area contributed by atoms with Gasteiger partial charge in [0, 0.05) is 36.7 Å². The summed E-state index contributed by atoms with van der Waals surface area (Å²) in [4.78, 5) is 9.84. The van der Waals surface area contributed by atoms with E-state index in [2.05, 4.69) is 93.6 Å². The number of benzene rings is 3. The van der Waals surface area contributed by atoms with E-state index < -0.39 is 0 Å². The zero-order valence-corrected chi connectivity index (χ0v) is 17.6. The van der Waals surface area contributed by atoms with Crippen LogP contribution in [0, 0.1) is 0 Å². The minimum Gasteiger partial charge on any atom is -0.232 e. The van der Waals surface area contributed by atoms with E-state index >= 15 is 0 Å². The smallest absolute Gasteiger partial charge is 0.135 e. The molecule has 0 N–H and O–H groups in total. The summed E-state index contributed by atoms with van der Waals surface area (Å²) < 4.78 is 2.61. The van der Waals surface area contributed by atoms with Gasteiger partial charge in [0.1, 0.15) is 5.82 Å². The molecule has 3 heteroatoms. The van der Waals surface area contributed by atoms with Gasteiger partial charge in [-0.15, -0.1) is 11.3 Å². The molecule has 0 unspecified atom stereocenters. The van der Waals surface area contributed by atoms with Crippen LogP contribution >= 0.6 is 11.3 Å². The van der Waals surface area contributed by atoms with Crippen molar-refractivity contribution < 1.29 is 0 Å². The Morgan fingerprint density at radius 3 is 2.03 bits per heavy atom. The molecule has 0 bridgehead atoms. The van der Waals surface area contributed by atoms with Crippen LogP contribution in [0.25, 0.3) is 42.7 Å². The zero-order valence-electron chi connectivity index (χ0n) is 16.8. The average molecular weight is 395 g/mol. The second-order valence-corrected chi connectivity index (χ2v) is 9.47. The van der Waals surface area contributed by atoms with Gasteiger partial charge in [0.05, 0.1) is 11.4 Å². The number of rotatable bonds is 2. The van der Waals surface area contributed by atoms with Gasteiger partial charge in [0.2, 0.25) is 0 Å². The standard InChI is InChI=1S/C26H22N2S/c1-26(2,3)25-27-21(17-9-5-4-6-10-17)16-22(28-25)18-13-14-20-19-11-7-8-12-23(19)29-24(20)15-18/h4-16H,1-3H3. The Kier molecular flexibility index (Phi) is 4.21. The molecule has 0 atom stereocenters. The first-order valence-electron chi connectivity index (χ1n) is 9.86. The summed E-state index contributed by atoms with van der Waals surface area (Å²) in [5, 5.41) is 2.63.